The highest BCUT2D eigenvalue weighted by molar-refractivity contribution is 5.65. The smallest absolute Gasteiger partial charge is 0.434 e. The van der Waals surface area contributed by atoms with Crippen molar-refractivity contribution in [1.82, 2.24) is 9.55 Å². The van der Waals surface area contributed by atoms with Crippen molar-refractivity contribution in [2.24, 2.45) is 12.8 Å². The Hall–Kier alpha value is -2.12. The molecule has 88 valence electrons. The second kappa shape index (κ2) is 3.80. The number of carbonyl (C=O) groups excluding carboxylic acids is 1. The first-order valence-electron chi connectivity index (χ1n) is 4.40. The highest BCUT2D eigenvalue weighted by Crippen LogP contribution is 2.26. The number of nitro groups is 1. The van der Waals surface area contributed by atoms with Gasteiger partial charge in [0, 0.05) is 0 Å². The lowest BCUT2D eigenvalue weighted by Gasteiger charge is -2.21. The van der Waals surface area contributed by atoms with Crippen LogP contribution in [0.1, 0.15) is 19.5 Å². The minimum absolute atomic E-state index is 0.323. The molecule has 8 heteroatoms. The zero-order valence-electron chi connectivity index (χ0n) is 9.13. The Labute approximate surface area is 91.2 Å². The molecule has 0 atom stereocenters. The maximum atomic E-state index is 10.7. The molecule has 0 spiro atoms. The standard InChI is InChI=1S/C8H12N4O4/c1-8(2,16-6(9)13)5-4-10-7(11(5)3)12(14)15/h4H,1-3H3,(H2,9,13). The van der Waals surface area contributed by atoms with Crippen LogP contribution in [0.3, 0.4) is 0 Å². The minimum atomic E-state index is -1.07. The van der Waals surface area contributed by atoms with E-state index in [2.05, 4.69) is 4.98 Å². The molecule has 0 unspecified atom stereocenters. The Bertz CT molecular complexity index is 437. The SMILES string of the molecule is Cn1c(C(C)(C)OC(N)=O)cnc1[N+](=O)[O-]. The summed E-state index contributed by atoms with van der Waals surface area (Å²) in [6.45, 7) is 3.14. The lowest BCUT2D eigenvalue weighted by atomic mass is 10.1. The van der Waals surface area contributed by atoms with E-state index >= 15 is 0 Å². The van der Waals surface area contributed by atoms with Crippen molar-refractivity contribution in [3.05, 3.63) is 22.0 Å². The largest absolute Gasteiger partial charge is 0.436 e. The first-order valence-corrected chi connectivity index (χ1v) is 4.40. The van der Waals surface area contributed by atoms with Gasteiger partial charge >= 0.3 is 12.0 Å². The second-order valence-electron chi connectivity index (χ2n) is 3.69. The van der Waals surface area contributed by atoms with Gasteiger partial charge in [0.15, 0.2) is 11.3 Å². The molecule has 0 aromatic carbocycles. The maximum Gasteiger partial charge on any atom is 0.434 e. The molecule has 8 nitrogen and oxygen atoms in total. The lowest BCUT2D eigenvalue weighted by molar-refractivity contribution is -0.396. The summed E-state index contributed by atoms with van der Waals surface area (Å²) in [6, 6.07) is 0. The Kier molecular flexibility index (Phi) is 2.84. The number of hydrogen-bond donors (Lipinski definition) is 1. The third kappa shape index (κ3) is 2.10. The van der Waals surface area contributed by atoms with Crippen LogP contribution in [-0.2, 0) is 17.4 Å². The summed E-state index contributed by atoms with van der Waals surface area (Å²) in [6.07, 6.45) is 0.329. The van der Waals surface area contributed by atoms with Gasteiger partial charge in [0.1, 0.15) is 6.20 Å². The first-order chi connectivity index (χ1) is 7.25. The van der Waals surface area contributed by atoms with Crippen molar-refractivity contribution in [3.8, 4) is 0 Å². The number of imidazole rings is 1. The van der Waals surface area contributed by atoms with Crippen LogP contribution in [0, 0.1) is 10.1 Å². The number of hydrogen-bond acceptors (Lipinski definition) is 5. The quantitative estimate of drug-likeness (QED) is 0.602. The topological polar surface area (TPSA) is 113 Å². The molecule has 0 aliphatic carbocycles. The third-order valence-corrected chi connectivity index (χ3v) is 2.10. The highest BCUT2D eigenvalue weighted by Gasteiger charge is 2.33. The molecule has 0 radical (unpaired) electrons. The molecule has 0 bridgehead atoms. The highest BCUT2D eigenvalue weighted by atomic mass is 16.6. The number of rotatable bonds is 3. The maximum absolute atomic E-state index is 10.7. The summed E-state index contributed by atoms with van der Waals surface area (Å²) in [5.74, 6) is -0.323. The van der Waals surface area contributed by atoms with Gasteiger partial charge in [0.05, 0.1) is 7.05 Å². The predicted molar refractivity (Wildman–Crippen MR) is 53.6 cm³/mol. The van der Waals surface area contributed by atoms with Crippen LogP contribution in [0.2, 0.25) is 0 Å². The van der Waals surface area contributed by atoms with E-state index in [1.807, 2.05) is 0 Å². The van der Waals surface area contributed by atoms with Gasteiger partial charge < -0.3 is 20.6 Å². The van der Waals surface area contributed by atoms with Gasteiger partial charge in [-0.3, -0.25) is 0 Å². The predicted octanol–water partition coefficient (Wildman–Crippen LogP) is 0.659. The van der Waals surface area contributed by atoms with Crippen LogP contribution in [-0.4, -0.2) is 20.6 Å². The molecular formula is C8H12N4O4. The van der Waals surface area contributed by atoms with E-state index < -0.39 is 16.6 Å². The minimum Gasteiger partial charge on any atom is -0.436 e. The molecule has 1 aromatic rings. The molecular weight excluding hydrogens is 216 g/mol. The molecule has 1 rings (SSSR count). The molecule has 16 heavy (non-hydrogen) atoms. The summed E-state index contributed by atoms with van der Waals surface area (Å²) in [4.78, 5) is 24.3. The van der Waals surface area contributed by atoms with E-state index in [1.54, 1.807) is 13.8 Å². The first kappa shape index (κ1) is 12.0. The van der Waals surface area contributed by atoms with Crippen molar-refractivity contribution in [1.29, 1.82) is 0 Å². The molecule has 0 aliphatic heterocycles. The number of aromatic nitrogens is 2. The Morgan fingerprint density at radius 3 is 2.62 bits per heavy atom. The zero-order valence-corrected chi connectivity index (χ0v) is 9.13. The number of carbonyl (C=O) groups is 1. The summed E-state index contributed by atoms with van der Waals surface area (Å²) >= 11 is 0. The lowest BCUT2D eigenvalue weighted by Crippen LogP contribution is -2.30. The van der Waals surface area contributed by atoms with E-state index in [9.17, 15) is 14.9 Å². The van der Waals surface area contributed by atoms with Crippen LogP contribution < -0.4 is 5.73 Å². The number of nitrogens with zero attached hydrogens (tertiary/aromatic N) is 3. The Morgan fingerprint density at radius 2 is 2.25 bits per heavy atom. The van der Waals surface area contributed by atoms with Gasteiger partial charge in [-0.1, -0.05) is 4.98 Å². The van der Waals surface area contributed by atoms with Crippen molar-refractivity contribution in [2.75, 3.05) is 0 Å². The third-order valence-electron chi connectivity index (χ3n) is 2.10. The normalized spacial score (nSPS) is 11.2. The van der Waals surface area contributed by atoms with Gasteiger partial charge in [-0.2, -0.15) is 0 Å². The molecule has 1 aromatic heterocycles. The van der Waals surface area contributed by atoms with Crippen LogP contribution in [0.25, 0.3) is 0 Å². The van der Waals surface area contributed by atoms with Crippen LogP contribution in [0.4, 0.5) is 10.7 Å². The Morgan fingerprint density at radius 1 is 1.69 bits per heavy atom. The summed E-state index contributed by atoms with van der Waals surface area (Å²) in [5, 5.41) is 10.6. The van der Waals surface area contributed by atoms with Crippen LogP contribution >= 0.6 is 0 Å². The van der Waals surface area contributed by atoms with Crippen LogP contribution in [0.15, 0.2) is 6.20 Å². The van der Waals surface area contributed by atoms with Gasteiger partial charge in [0.25, 0.3) is 0 Å². The molecule has 0 saturated carbocycles. The van der Waals surface area contributed by atoms with Crippen LogP contribution in [0.5, 0.6) is 0 Å². The van der Waals surface area contributed by atoms with Crippen molar-refractivity contribution >= 4 is 12.0 Å². The fourth-order valence-electron chi connectivity index (χ4n) is 1.43. The number of primary amides is 1. The monoisotopic (exact) mass is 228 g/mol. The number of amides is 1. The van der Waals surface area contributed by atoms with E-state index in [0.29, 0.717) is 5.69 Å². The van der Waals surface area contributed by atoms with Crippen molar-refractivity contribution in [2.45, 2.75) is 19.4 Å². The molecule has 0 saturated heterocycles. The molecule has 2 N–H and O–H groups in total. The summed E-state index contributed by atoms with van der Waals surface area (Å²) in [5.41, 5.74) is 4.23. The Balaban J connectivity index is 3.14. The van der Waals surface area contributed by atoms with E-state index in [-0.39, 0.29) is 5.95 Å². The number of ether oxygens (including phenoxy) is 1. The van der Waals surface area contributed by atoms with Gasteiger partial charge in [0.2, 0.25) is 0 Å². The summed E-state index contributed by atoms with van der Waals surface area (Å²) < 4.78 is 6.09. The second-order valence-corrected chi connectivity index (χ2v) is 3.69. The van der Waals surface area contributed by atoms with Gasteiger partial charge in [-0.25, -0.2) is 9.36 Å². The average Bonchev–Trinajstić information content (AvgIpc) is 2.44. The fourth-order valence-corrected chi connectivity index (χ4v) is 1.43. The molecule has 1 amide bonds. The molecule has 0 fully saturated rings. The van der Waals surface area contributed by atoms with Gasteiger partial charge in [-0.15, -0.1) is 0 Å². The average molecular weight is 228 g/mol. The van der Waals surface area contributed by atoms with E-state index in [4.69, 9.17) is 10.5 Å². The van der Waals surface area contributed by atoms with E-state index in [1.165, 1.54) is 17.8 Å². The summed E-state index contributed by atoms with van der Waals surface area (Å²) in [7, 11) is 1.46. The van der Waals surface area contributed by atoms with Crippen molar-refractivity contribution < 1.29 is 14.5 Å². The molecule has 0 aliphatic rings. The zero-order chi connectivity index (χ0) is 12.5. The van der Waals surface area contributed by atoms with Crippen molar-refractivity contribution in [3.63, 3.8) is 0 Å². The fraction of sp³-hybridized carbons (Fsp3) is 0.500. The van der Waals surface area contributed by atoms with Gasteiger partial charge in [-0.05, 0) is 18.8 Å². The molecule has 1 heterocycles. The number of nitrogens with two attached hydrogens (primary N) is 1. The van der Waals surface area contributed by atoms with E-state index in [0.717, 1.165) is 0 Å².